The molecule has 0 aliphatic rings. The molecule has 0 unspecified atom stereocenters. The normalized spacial score (nSPS) is 10.6. The van der Waals surface area contributed by atoms with Crippen molar-refractivity contribution in [2.24, 2.45) is 0 Å². The molecule has 1 aromatic carbocycles. The molecule has 0 radical (unpaired) electrons. The molecule has 2 N–H and O–H groups in total. The first-order valence-corrected chi connectivity index (χ1v) is 6.10. The van der Waals surface area contributed by atoms with Crippen LogP contribution in [0.4, 0.5) is 0 Å². The molecular formula is C12H17NO2S. The molecular weight excluding hydrogens is 222 g/mol. The third kappa shape index (κ3) is 3.87. The van der Waals surface area contributed by atoms with Crippen molar-refractivity contribution in [3.8, 4) is 0 Å². The minimum Gasteiger partial charge on any atom is -0.289 e. The van der Waals surface area contributed by atoms with Crippen molar-refractivity contribution in [3.63, 3.8) is 0 Å². The summed E-state index contributed by atoms with van der Waals surface area (Å²) < 4.78 is 0. The fourth-order valence-corrected chi connectivity index (χ4v) is 2.33. The van der Waals surface area contributed by atoms with E-state index < -0.39 is 0 Å². The number of aryl methyl sites for hydroxylation is 1. The maximum absolute atomic E-state index is 11.0. The van der Waals surface area contributed by atoms with E-state index in [0.29, 0.717) is 5.25 Å². The summed E-state index contributed by atoms with van der Waals surface area (Å²) >= 11 is 1.81. The van der Waals surface area contributed by atoms with Crippen LogP contribution >= 0.6 is 11.8 Å². The van der Waals surface area contributed by atoms with Crippen LogP contribution in [0.2, 0.25) is 0 Å². The van der Waals surface area contributed by atoms with E-state index in [1.54, 1.807) is 5.48 Å². The molecule has 88 valence electrons. The van der Waals surface area contributed by atoms with Crippen LogP contribution in [0.15, 0.2) is 23.1 Å². The van der Waals surface area contributed by atoms with Gasteiger partial charge in [0.2, 0.25) is 5.91 Å². The van der Waals surface area contributed by atoms with E-state index in [9.17, 15) is 4.79 Å². The van der Waals surface area contributed by atoms with E-state index in [1.165, 1.54) is 10.5 Å². The third-order valence-electron chi connectivity index (χ3n) is 2.09. The monoisotopic (exact) mass is 239 g/mol. The molecule has 1 amide bonds. The summed E-state index contributed by atoms with van der Waals surface area (Å²) in [5.41, 5.74) is 3.72. The molecule has 3 nitrogen and oxygen atoms in total. The molecule has 0 heterocycles. The molecule has 4 heteroatoms. The first-order chi connectivity index (χ1) is 7.52. The molecule has 0 aromatic heterocycles. The summed E-state index contributed by atoms with van der Waals surface area (Å²) in [5.74, 6) is -0.385. The molecule has 16 heavy (non-hydrogen) atoms. The lowest BCUT2D eigenvalue weighted by Gasteiger charge is -2.09. The summed E-state index contributed by atoms with van der Waals surface area (Å²) in [6.45, 7) is 6.33. The van der Waals surface area contributed by atoms with Crippen molar-refractivity contribution >= 4 is 17.7 Å². The van der Waals surface area contributed by atoms with Gasteiger partial charge in [0.05, 0.1) is 6.42 Å². The van der Waals surface area contributed by atoms with Crippen molar-refractivity contribution in [2.75, 3.05) is 0 Å². The zero-order valence-electron chi connectivity index (χ0n) is 9.78. The van der Waals surface area contributed by atoms with Crippen molar-refractivity contribution in [1.29, 1.82) is 0 Å². The number of hydrogen-bond donors (Lipinski definition) is 2. The van der Waals surface area contributed by atoms with Crippen molar-refractivity contribution in [2.45, 2.75) is 37.3 Å². The van der Waals surface area contributed by atoms with E-state index in [1.807, 2.05) is 36.9 Å². The third-order valence-corrected chi connectivity index (χ3v) is 3.27. The van der Waals surface area contributed by atoms with Crippen LogP contribution in [0.3, 0.4) is 0 Å². The number of hydrogen-bond acceptors (Lipinski definition) is 3. The molecule has 0 bridgehead atoms. The van der Waals surface area contributed by atoms with Gasteiger partial charge in [0, 0.05) is 10.1 Å². The van der Waals surface area contributed by atoms with Gasteiger partial charge in [-0.2, -0.15) is 0 Å². The predicted octanol–water partition coefficient (Wildman–Crippen LogP) is 2.54. The average Bonchev–Trinajstić information content (AvgIpc) is 2.21. The molecule has 1 rings (SSSR count). The Kier molecular flexibility index (Phi) is 4.83. The fourth-order valence-electron chi connectivity index (χ4n) is 1.43. The Morgan fingerprint density at radius 1 is 1.50 bits per heavy atom. The number of hydroxylamine groups is 1. The molecule has 0 aliphatic carbocycles. The number of nitrogens with one attached hydrogen (secondary N) is 1. The van der Waals surface area contributed by atoms with E-state index in [0.717, 1.165) is 5.56 Å². The molecule has 0 saturated carbocycles. The smallest absolute Gasteiger partial charge is 0.247 e. The van der Waals surface area contributed by atoms with Gasteiger partial charge in [-0.25, -0.2) is 5.48 Å². The predicted molar refractivity (Wildman–Crippen MR) is 65.8 cm³/mol. The highest BCUT2D eigenvalue weighted by molar-refractivity contribution is 8.00. The van der Waals surface area contributed by atoms with Gasteiger partial charge in [0.15, 0.2) is 0 Å². The van der Waals surface area contributed by atoms with Gasteiger partial charge in [0.1, 0.15) is 0 Å². The van der Waals surface area contributed by atoms with Gasteiger partial charge in [0.25, 0.3) is 0 Å². The van der Waals surface area contributed by atoms with Gasteiger partial charge in [-0.05, 0) is 24.1 Å². The van der Waals surface area contributed by atoms with Crippen LogP contribution in [-0.2, 0) is 11.2 Å². The maximum Gasteiger partial charge on any atom is 0.247 e. The standard InChI is InChI=1S/C12H17NO2S/c1-8(2)16-11-5-4-10(6-9(11)3)7-12(14)13-15/h4-6,8,15H,7H2,1-3H3,(H,13,14). The molecule has 0 aliphatic heterocycles. The van der Waals surface area contributed by atoms with Gasteiger partial charge in [-0.1, -0.05) is 26.0 Å². The number of rotatable bonds is 4. The first kappa shape index (κ1) is 13.1. The van der Waals surface area contributed by atoms with Crippen LogP contribution in [0.25, 0.3) is 0 Å². The zero-order valence-corrected chi connectivity index (χ0v) is 10.6. The lowest BCUT2D eigenvalue weighted by atomic mass is 10.1. The second-order valence-corrected chi connectivity index (χ2v) is 5.60. The second kappa shape index (κ2) is 5.92. The zero-order chi connectivity index (χ0) is 12.1. The Balaban J connectivity index is 2.78. The highest BCUT2D eigenvalue weighted by atomic mass is 32.2. The topological polar surface area (TPSA) is 49.3 Å². The Morgan fingerprint density at radius 3 is 2.69 bits per heavy atom. The Bertz CT molecular complexity index is 377. The van der Waals surface area contributed by atoms with Crippen LogP contribution in [0.1, 0.15) is 25.0 Å². The summed E-state index contributed by atoms with van der Waals surface area (Å²) in [4.78, 5) is 12.2. The average molecular weight is 239 g/mol. The highest BCUT2D eigenvalue weighted by Gasteiger charge is 2.06. The second-order valence-electron chi connectivity index (χ2n) is 3.98. The number of amides is 1. The summed E-state index contributed by atoms with van der Waals surface area (Å²) in [5, 5.41) is 8.98. The SMILES string of the molecule is Cc1cc(CC(=O)NO)ccc1SC(C)C. The molecule has 1 aromatic rings. The molecule has 0 atom stereocenters. The Morgan fingerprint density at radius 2 is 2.19 bits per heavy atom. The Labute approximate surface area is 100 Å². The molecule has 0 saturated heterocycles. The molecule has 0 spiro atoms. The summed E-state index contributed by atoms with van der Waals surface area (Å²) in [6.07, 6.45) is 0.212. The summed E-state index contributed by atoms with van der Waals surface area (Å²) in [6, 6.07) is 5.94. The summed E-state index contributed by atoms with van der Waals surface area (Å²) in [7, 11) is 0. The fraction of sp³-hybridized carbons (Fsp3) is 0.417. The number of thioether (sulfide) groups is 1. The lowest BCUT2D eigenvalue weighted by molar-refractivity contribution is -0.128. The van der Waals surface area contributed by atoms with Crippen LogP contribution in [0.5, 0.6) is 0 Å². The quantitative estimate of drug-likeness (QED) is 0.482. The number of carbonyl (C=O) groups is 1. The minimum atomic E-state index is -0.385. The lowest BCUT2D eigenvalue weighted by Crippen LogP contribution is -2.20. The van der Waals surface area contributed by atoms with Crippen molar-refractivity contribution < 1.29 is 10.0 Å². The largest absolute Gasteiger partial charge is 0.289 e. The minimum absolute atomic E-state index is 0.212. The van der Waals surface area contributed by atoms with Gasteiger partial charge < -0.3 is 0 Å². The first-order valence-electron chi connectivity index (χ1n) is 5.22. The van der Waals surface area contributed by atoms with Gasteiger partial charge in [-0.15, -0.1) is 11.8 Å². The number of carbonyl (C=O) groups excluding carboxylic acids is 1. The van der Waals surface area contributed by atoms with Crippen molar-refractivity contribution in [1.82, 2.24) is 5.48 Å². The Hall–Kier alpha value is -1.000. The van der Waals surface area contributed by atoms with Crippen LogP contribution < -0.4 is 5.48 Å². The van der Waals surface area contributed by atoms with Gasteiger partial charge in [-0.3, -0.25) is 10.0 Å². The van der Waals surface area contributed by atoms with E-state index in [4.69, 9.17) is 5.21 Å². The van der Waals surface area contributed by atoms with E-state index in [-0.39, 0.29) is 12.3 Å². The van der Waals surface area contributed by atoms with Gasteiger partial charge >= 0.3 is 0 Å². The van der Waals surface area contributed by atoms with E-state index >= 15 is 0 Å². The number of benzene rings is 1. The van der Waals surface area contributed by atoms with Crippen molar-refractivity contribution in [3.05, 3.63) is 29.3 Å². The maximum atomic E-state index is 11.0. The van der Waals surface area contributed by atoms with E-state index in [2.05, 4.69) is 13.8 Å². The van der Waals surface area contributed by atoms with Crippen LogP contribution in [0, 0.1) is 6.92 Å². The van der Waals surface area contributed by atoms with Crippen LogP contribution in [-0.4, -0.2) is 16.4 Å². The highest BCUT2D eigenvalue weighted by Crippen LogP contribution is 2.26. The molecule has 0 fully saturated rings.